The third-order valence-electron chi connectivity index (χ3n) is 4.57. The van der Waals surface area contributed by atoms with Crippen LogP contribution >= 0.6 is 11.8 Å². The summed E-state index contributed by atoms with van der Waals surface area (Å²) < 4.78 is -0.296. The van der Waals surface area contributed by atoms with Gasteiger partial charge >= 0.3 is 0 Å². The van der Waals surface area contributed by atoms with Gasteiger partial charge in [0.15, 0.2) is 0 Å². The molecule has 1 aromatic carbocycles. The summed E-state index contributed by atoms with van der Waals surface area (Å²) in [6.07, 6.45) is 0.948. The van der Waals surface area contributed by atoms with Crippen LogP contribution in [0.25, 0.3) is 0 Å². The summed E-state index contributed by atoms with van der Waals surface area (Å²) in [5.74, 6) is 0.492. The van der Waals surface area contributed by atoms with Gasteiger partial charge in [-0.25, -0.2) is 0 Å². The molecule has 0 aromatic heterocycles. The van der Waals surface area contributed by atoms with E-state index in [0.29, 0.717) is 12.5 Å². The molecule has 0 aliphatic carbocycles. The number of fused-ring (bicyclic) bond motifs is 3. The van der Waals surface area contributed by atoms with Crippen LogP contribution < -0.4 is 5.32 Å². The van der Waals surface area contributed by atoms with Crippen LogP contribution in [0.4, 0.5) is 0 Å². The highest BCUT2D eigenvalue weighted by atomic mass is 32.2. The third-order valence-corrected chi connectivity index (χ3v) is 6.10. The van der Waals surface area contributed by atoms with Gasteiger partial charge in [-0.2, -0.15) is 0 Å². The van der Waals surface area contributed by atoms with Gasteiger partial charge in [0.25, 0.3) is 5.91 Å². The molecule has 1 fully saturated rings. The first-order chi connectivity index (χ1) is 10.8. The Morgan fingerprint density at radius 1 is 1.35 bits per heavy atom. The van der Waals surface area contributed by atoms with Crippen molar-refractivity contribution in [3.05, 3.63) is 35.4 Å². The van der Waals surface area contributed by atoms with Gasteiger partial charge in [-0.05, 0) is 37.8 Å². The molecular weight excluding hydrogens is 308 g/mol. The molecule has 2 aliphatic rings. The van der Waals surface area contributed by atoms with E-state index in [1.165, 1.54) is 0 Å². The number of thioether (sulfide) groups is 1. The molecule has 2 atom stereocenters. The molecule has 1 aromatic rings. The molecule has 2 amide bonds. The first kappa shape index (κ1) is 16.4. The second-order valence-electron chi connectivity index (χ2n) is 7.25. The number of benzene rings is 1. The first-order valence-corrected chi connectivity index (χ1v) is 9.08. The van der Waals surface area contributed by atoms with E-state index in [1.54, 1.807) is 16.7 Å². The van der Waals surface area contributed by atoms with Crippen molar-refractivity contribution in [1.29, 1.82) is 0 Å². The normalized spacial score (nSPS) is 24.7. The van der Waals surface area contributed by atoms with E-state index in [4.69, 9.17) is 0 Å². The predicted octanol–water partition coefficient (Wildman–Crippen LogP) is 3.20. The van der Waals surface area contributed by atoms with Crippen LogP contribution in [0.2, 0.25) is 0 Å². The van der Waals surface area contributed by atoms with E-state index >= 15 is 0 Å². The lowest BCUT2D eigenvalue weighted by atomic mass is 10.0. The van der Waals surface area contributed by atoms with Gasteiger partial charge in [-0.3, -0.25) is 9.59 Å². The van der Waals surface area contributed by atoms with Crippen LogP contribution in [0.3, 0.4) is 0 Å². The fourth-order valence-corrected chi connectivity index (χ4v) is 4.97. The molecule has 1 N–H and O–H groups in total. The molecule has 0 bridgehead atoms. The van der Waals surface area contributed by atoms with Crippen molar-refractivity contribution < 1.29 is 9.59 Å². The highest BCUT2D eigenvalue weighted by Gasteiger charge is 2.57. The minimum absolute atomic E-state index is 0.0207. The van der Waals surface area contributed by atoms with Gasteiger partial charge in [-0.1, -0.05) is 32.0 Å². The molecule has 0 spiro atoms. The van der Waals surface area contributed by atoms with Crippen LogP contribution in [-0.4, -0.2) is 34.0 Å². The van der Waals surface area contributed by atoms with E-state index in [0.717, 1.165) is 17.5 Å². The summed E-state index contributed by atoms with van der Waals surface area (Å²) in [5, 5.41) is 2.98. The van der Waals surface area contributed by atoms with Crippen LogP contribution in [0.15, 0.2) is 24.3 Å². The first-order valence-electron chi connectivity index (χ1n) is 8.20. The molecule has 0 unspecified atom stereocenters. The second-order valence-corrected chi connectivity index (χ2v) is 8.98. The fraction of sp³-hybridized carbons (Fsp3) is 0.556. The maximum atomic E-state index is 12.8. The summed E-state index contributed by atoms with van der Waals surface area (Å²) in [7, 11) is 0. The number of nitrogens with one attached hydrogen (secondary N) is 1. The van der Waals surface area contributed by atoms with Crippen molar-refractivity contribution >= 4 is 23.6 Å². The van der Waals surface area contributed by atoms with Crippen molar-refractivity contribution in [2.75, 3.05) is 6.54 Å². The molecule has 5 heteroatoms. The zero-order valence-corrected chi connectivity index (χ0v) is 14.9. The van der Waals surface area contributed by atoms with E-state index in [2.05, 4.69) is 33.0 Å². The molecule has 124 valence electrons. The maximum Gasteiger partial charge on any atom is 0.256 e. The van der Waals surface area contributed by atoms with Crippen molar-refractivity contribution in [2.24, 2.45) is 5.92 Å². The Morgan fingerprint density at radius 3 is 2.74 bits per heavy atom. The Balaban J connectivity index is 1.84. The highest BCUT2D eigenvalue weighted by molar-refractivity contribution is 8.01. The van der Waals surface area contributed by atoms with E-state index in [1.807, 2.05) is 24.3 Å². The highest BCUT2D eigenvalue weighted by Crippen LogP contribution is 2.56. The molecule has 2 heterocycles. The Hall–Kier alpha value is -1.49. The summed E-state index contributed by atoms with van der Waals surface area (Å²) in [5.41, 5.74) is 1.77. The van der Waals surface area contributed by atoms with E-state index < -0.39 is 6.04 Å². The molecule has 0 radical (unpaired) electrons. The Bertz CT molecular complexity index is 642. The SMILES string of the molecule is CC(C)CCNC(=O)[C@@H]1N2C(=O)c3ccccc3[C@H]2SC1(C)C. The molecule has 23 heavy (non-hydrogen) atoms. The minimum Gasteiger partial charge on any atom is -0.354 e. The van der Waals surface area contributed by atoms with Gasteiger partial charge in [0.05, 0.1) is 0 Å². The number of hydrogen-bond acceptors (Lipinski definition) is 3. The number of hydrogen-bond donors (Lipinski definition) is 1. The summed E-state index contributed by atoms with van der Waals surface area (Å²) in [4.78, 5) is 27.3. The van der Waals surface area contributed by atoms with Gasteiger partial charge in [0.2, 0.25) is 5.91 Å². The molecule has 0 saturated carbocycles. The van der Waals surface area contributed by atoms with Crippen molar-refractivity contribution in [3.8, 4) is 0 Å². The lowest BCUT2D eigenvalue weighted by molar-refractivity contribution is -0.126. The Morgan fingerprint density at radius 2 is 2.04 bits per heavy atom. The van der Waals surface area contributed by atoms with Gasteiger partial charge in [0.1, 0.15) is 11.4 Å². The van der Waals surface area contributed by atoms with Crippen molar-refractivity contribution in [3.63, 3.8) is 0 Å². The van der Waals surface area contributed by atoms with Crippen LogP contribution in [0.5, 0.6) is 0 Å². The maximum absolute atomic E-state index is 12.8. The van der Waals surface area contributed by atoms with E-state index in [9.17, 15) is 9.59 Å². The summed E-state index contributed by atoms with van der Waals surface area (Å²) in [6, 6.07) is 7.27. The van der Waals surface area contributed by atoms with Gasteiger partial charge in [0, 0.05) is 16.9 Å². The predicted molar refractivity (Wildman–Crippen MR) is 93.3 cm³/mol. The number of carbonyl (C=O) groups is 2. The number of rotatable bonds is 4. The summed E-state index contributed by atoms with van der Waals surface area (Å²) in [6.45, 7) is 9.04. The zero-order valence-electron chi connectivity index (χ0n) is 14.1. The second kappa shape index (κ2) is 5.86. The fourth-order valence-electron chi connectivity index (χ4n) is 3.39. The molecular formula is C18H24N2O2S. The quantitative estimate of drug-likeness (QED) is 0.921. The number of carbonyl (C=O) groups excluding carboxylic acids is 2. The van der Waals surface area contributed by atoms with Crippen LogP contribution in [0, 0.1) is 5.92 Å². The molecule has 3 rings (SSSR count). The Kier molecular flexibility index (Phi) is 4.17. The standard InChI is InChI=1S/C18H24N2O2S/c1-11(2)9-10-19-15(21)14-18(3,4)23-17-13-8-6-5-7-12(13)16(22)20(14)17/h5-8,11,14,17H,9-10H2,1-4H3,(H,19,21)/t14-,17+/m0/s1. The summed E-state index contributed by atoms with van der Waals surface area (Å²) >= 11 is 1.71. The zero-order chi connectivity index (χ0) is 16.8. The monoisotopic (exact) mass is 332 g/mol. The van der Waals surface area contributed by atoms with Crippen molar-refractivity contribution in [1.82, 2.24) is 10.2 Å². The van der Waals surface area contributed by atoms with Crippen LogP contribution in [-0.2, 0) is 4.79 Å². The molecule has 2 aliphatic heterocycles. The van der Waals surface area contributed by atoms with Crippen LogP contribution in [0.1, 0.15) is 55.4 Å². The number of nitrogens with zero attached hydrogens (tertiary/aromatic N) is 1. The Labute approximate surface area is 142 Å². The molecule has 4 nitrogen and oxygen atoms in total. The lowest BCUT2D eigenvalue weighted by Crippen LogP contribution is -2.52. The minimum atomic E-state index is -0.426. The lowest BCUT2D eigenvalue weighted by Gasteiger charge is -2.29. The smallest absolute Gasteiger partial charge is 0.256 e. The number of amides is 2. The van der Waals surface area contributed by atoms with Gasteiger partial charge in [-0.15, -0.1) is 11.8 Å². The topological polar surface area (TPSA) is 49.4 Å². The van der Waals surface area contributed by atoms with Crippen molar-refractivity contribution in [2.45, 2.75) is 50.3 Å². The largest absolute Gasteiger partial charge is 0.354 e. The third kappa shape index (κ3) is 2.75. The van der Waals surface area contributed by atoms with Gasteiger partial charge < -0.3 is 10.2 Å². The van der Waals surface area contributed by atoms with E-state index in [-0.39, 0.29) is 21.9 Å². The average molecular weight is 332 g/mol. The average Bonchev–Trinajstić information content (AvgIpc) is 2.90. The molecule has 1 saturated heterocycles.